The monoisotopic (exact) mass is 291 g/mol. The smallest absolute Gasteiger partial charge is 0.170 e. The van der Waals surface area contributed by atoms with Crippen molar-refractivity contribution in [1.82, 2.24) is 0 Å². The quantitative estimate of drug-likeness (QED) is 0.789. The molecule has 1 aliphatic rings. The Labute approximate surface area is 130 Å². The van der Waals surface area contributed by atoms with Crippen molar-refractivity contribution in [3.8, 4) is 11.8 Å². The number of ether oxygens (including phenoxy) is 1. The van der Waals surface area contributed by atoms with Crippen molar-refractivity contribution in [2.24, 2.45) is 0 Å². The summed E-state index contributed by atoms with van der Waals surface area (Å²) in [6.07, 6.45) is 2.70. The highest BCUT2D eigenvalue weighted by molar-refractivity contribution is 6.02. The van der Waals surface area contributed by atoms with E-state index in [1.54, 1.807) is 19.2 Å². The average molecular weight is 291 g/mol. The molecule has 2 aromatic carbocycles. The Hall–Kier alpha value is -2.60. The number of methoxy groups -OCH3 is 1. The molecule has 1 atom stereocenters. The second-order valence-electron chi connectivity index (χ2n) is 5.57. The van der Waals surface area contributed by atoms with E-state index in [0.29, 0.717) is 5.56 Å². The normalized spacial score (nSPS) is 17.3. The Morgan fingerprint density at radius 1 is 1.18 bits per heavy atom. The van der Waals surface area contributed by atoms with Gasteiger partial charge in [0.15, 0.2) is 5.78 Å². The third-order valence-corrected chi connectivity index (χ3v) is 4.28. The van der Waals surface area contributed by atoms with E-state index in [9.17, 15) is 4.79 Å². The molecular weight excluding hydrogens is 274 g/mol. The molecule has 22 heavy (non-hydrogen) atoms. The van der Waals surface area contributed by atoms with Gasteiger partial charge in [-0.2, -0.15) is 5.26 Å². The first-order chi connectivity index (χ1) is 10.7. The molecule has 110 valence electrons. The minimum Gasteiger partial charge on any atom is -0.497 e. The summed E-state index contributed by atoms with van der Waals surface area (Å²) in [4.78, 5) is 12.9. The molecule has 0 spiro atoms. The van der Waals surface area contributed by atoms with Crippen LogP contribution in [-0.4, -0.2) is 12.9 Å². The Bertz CT molecular complexity index is 741. The lowest BCUT2D eigenvalue weighted by Gasteiger charge is -2.14. The summed E-state index contributed by atoms with van der Waals surface area (Å²) in [7, 11) is 1.64. The van der Waals surface area contributed by atoms with Crippen LogP contribution in [0, 0.1) is 11.3 Å². The van der Waals surface area contributed by atoms with Gasteiger partial charge in [-0.3, -0.25) is 4.79 Å². The van der Waals surface area contributed by atoms with Crippen LogP contribution < -0.4 is 4.74 Å². The molecule has 0 radical (unpaired) electrons. The van der Waals surface area contributed by atoms with Crippen LogP contribution in [0.5, 0.6) is 5.75 Å². The van der Waals surface area contributed by atoms with Crippen molar-refractivity contribution in [1.29, 1.82) is 5.26 Å². The first-order valence-electron chi connectivity index (χ1n) is 7.44. The Morgan fingerprint density at radius 3 is 2.64 bits per heavy atom. The van der Waals surface area contributed by atoms with E-state index in [4.69, 9.17) is 10.00 Å². The van der Waals surface area contributed by atoms with Gasteiger partial charge in [0.05, 0.1) is 18.7 Å². The first-order valence-corrected chi connectivity index (χ1v) is 7.44. The summed E-state index contributed by atoms with van der Waals surface area (Å²) in [6, 6.07) is 15.2. The molecule has 1 aliphatic carbocycles. The minimum absolute atomic E-state index is 0.123. The second-order valence-corrected chi connectivity index (χ2v) is 5.57. The maximum Gasteiger partial charge on any atom is 0.170 e. The number of fused-ring (bicyclic) bond motifs is 1. The highest BCUT2D eigenvalue weighted by Gasteiger charge is 2.26. The van der Waals surface area contributed by atoms with E-state index >= 15 is 0 Å². The summed E-state index contributed by atoms with van der Waals surface area (Å²) in [6.45, 7) is 0. The molecule has 3 heteroatoms. The number of Topliss-reactive ketones (excluding diaryl/α,β-unsaturated/α-hetero) is 1. The largest absolute Gasteiger partial charge is 0.497 e. The topological polar surface area (TPSA) is 50.1 Å². The van der Waals surface area contributed by atoms with Crippen LogP contribution in [0.25, 0.3) is 0 Å². The predicted octanol–water partition coefficient (Wildman–Crippen LogP) is 3.87. The van der Waals surface area contributed by atoms with Gasteiger partial charge in [-0.05, 0) is 60.7 Å². The number of hydrogen-bond acceptors (Lipinski definition) is 3. The van der Waals surface area contributed by atoms with Gasteiger partial charge >= 0.3 is 0 Å². The summed E-state index contributed by atoms with van der Waals surface area (Å²) in [5, 5.41) is 8.89. The molecule has 0 bridgehead atoms. The van der Waals surface area contributed by atoms with E-state index in [0.717, 1.165) is 41.7 Å². The fourth-order valence-corrected chi connectivity index (χ4v) is 3.07. The van der Waals surface area contributed by atoms with Gasteiger partial charge in [-0.15, -0.1) is 0 Å². The number of ketones is 1. The minimum atomic E-state index is -0.123. The molecule has 3 nitrogen and oxygen atoms in total. The Kier molecular flexibility index (Phi) is 3.93. The molecule has 1 unspecified atom stereocenters. The van der Waals surface area contributed by atoms with Crippen LogP contribution in [0.2, 0.25) is 0 Å². The molecule has 0 heterocycles. The number of hydrogen-bond donors (Lipinski definition) is 0. The zero-order valence-corrected chi connectivity index (χ0v) is 12.5. The lowest BCUT2D eigenvalue weighted by Crippen LogP contribution is -2.12. The van der Waals surface area contributed by atoms with Crippen molar-refractivity contribution in [3.63, 3.8) is 0 Å². The maximum atomic E-state index is 12.9. The molecule has 0 saturated carbocycles. The van der Waals surface area contributed by atoms with Crippen LogP contribution in [0.15, 0.2) is 42.5 Å². The lowest BCUT2D eigenvalue weighted by atomic mass is 9.88. The fraction of sp³-hybridized carbons (Fsp3) is 0.263. The Morgan fingerprint density at radius 2 is 1.95 bits per heavy atom. The van der Waals surface area contributed by atoms with E-state index in [2.05, 4.69) is 6.07 Å². The molecule has 0 saturated heterocycles. The molecule has 2 aromatic rings. The van der Waals surface area contributed by atoms with Gasteiger partial charge in [-0.25, -0.2) is 0 Å². The van der Waals surface area contributed by atoms with Gasteiger partial charge < -0.3 is 4.74 Å². The van der Waals surface area contributed by atoms with Crippen LogP contribution in [0.3, 0.4) is 0 Å². The average Bonchev–Trinajstić information content (AvgIpc) is 2.73. The third-order valence-electron chi connectivity index (χ3n) is 4.28. The molecule has 3 rings (SSSR count). The lowest BCUT2D eigenvalue weighted by molar-refractivity contribution is 0.0957. The van der Waals surface area contributed by atoms with Gasteiger partial charge in [0.1, 0.15) is 5.75 Å². The van der Waals surface area contributed by atoms with Crippen molar-refractivity contribution >= 4 is 5.78 Å². The summed E-state index contributed by atoms with van der Waals surface area (Å²) >= 11 is 0. The summed E-state index contributed by atoms with van der Waals surface area (Å²) in [5.41, 5.74) is 3.48. The molecule has 0 N–H and O–H groups in total. The van der Waals surface area contributed by atoms with Crippen molar-refractivity contribution < 1.29 is 9.53 Å². The van der Waals surface area contributed by atoms with Crippen molar-refractivity contribution in [3.05, 3.63) is 64.7 Å². The molecule has 0 amide bonds. The van der Waals surface area contributed by atoms with E-state index in [1.807, 2.05) is 30.3 Å². The van der Waals surface area contributed by atoms with Crippen LogP contribution in [-0.2, 0) is 6.42 Å². The van der Waals surface area contributed by atoms with Gasteiger partial charge in [0, 0.05) is 11.5 Å². The zero-order chi connectivity index (χ0) is 15.5. The van der Waals surface area contributed by atoms with Crippen molar-refractivity contribution in [2.75, 3.05) is 7.11 Å². The Balaban J connectivity index is 1.96. The number of nitriles is 1. The standard InChI is InChI=1S/C19H17NO2/c1-22-16-9-10-18-15(11-16)3-2-4-17(19(18)21)14-7-5-13(12-20)6-8-14/h5-11,17H,2-4H2,1H3. The number of nitrogens with zero attached hydrogens (tertiary/aromatic N) is 1. The summed E-state index contributed by atoms with van der Waals surface area (Å²) < 4.78 is 5.25. The number of carbonyl (C=O) groups excluding carboxylic acids is 1. The molecular formula is C19H17NO2. The van der Waals surface area contributed by atoms with E-state index < -0.39 is 0 Å². The summed E-state index contributed by atoms with van der Waals surface area (Å²) in [5.74, 6) is 0.839. The number of rotatable bonds is 2. The SMILES string of the molecule is COc1ccc2c(c1)CCCC(c1ccc(C#N)cc1)C2=O. The molecule has 0 fully saturated rings. The predicted molar refractivity (Wildman–Crippen MR) is 84.2 cm³/mol. The molecule has 0 aliphatic heterocycles. The number of benzene rings is 2. The highest BCUT2D eigenvalue weighted by atomic mass is 16.5. The van der Waals surface area contributed by atoms with Gasteiger partial charge in [0.25, 0.3) is 0 Å². The number of aryl methyl sites for hydroxylation is 1. The highest BCUT2D eigenvalue weighted by Crippen LogP contribution is 2.33. The first kappa shape index (κ1) is 14.3. The van der Waals surface area contributed by atoms with Crippen molar-refractivity contribution in [2.45, 2.75) is 25.2 Å². The second kappa shape index (κ2) is 6.03. The maximum absolute atomic E-state index is 12.9. The zero-order valence-electron chi connectivity index (χ0n) is 12.5. The fourth-order valence-electron chi connectivity index (χ4n) is 3.07. The van der Waals surface area contributed by atoms with Crippen LogP contribution in [0.1, 0.15) is 45.8 Å². The van der Waals surface area contributed by atoms with Crippen LogP contribution >= 0.6 is 0 Å². The van der Waals surface area contributed by atoms with Crippen LogP contribution in [0.4, 0.5) is 0 Å². The number of carbonyl (C=O) groups is 1. The van der Waals surface area contributed by atoms with E-state index in [1.165, 1.54) is 0 Å². The van der Waals surface area contributed by atoms with E-state index in [-0.39, 0.29) is 11.7 Å². The van der Waals surface area contributed by atoms with Gasteiger partial charge in [-0.1, -0.05) is 12.1 Å². The molecule has 0 aromatic heterocycles. The third kappa shape index (κ3) is 2.60. The van der Waals surface area contributed by atoms with Gasteiger partial charge in [0.2, 0.25) is 0 Å².